The first-order valence-electron chi connectivity index (χ1n) is 2.58. The number of hydrogen-bond donors (Lipinski definition) is 1. The van der Waals surface area contributed by atoms with Crippen molar-refractivity contribution in [2.45, 2.75) is 6.42 Å². The van der Waals surface area contributed by atoms with E-state index in [0.29, 0.717) is 18.6 Å². The van der Waals surface area contributed by atoms with Crippen molar-refractivity contribution in [1.82, 2.24) is 0 Å². The van der Waals surface area contributed by atoms with Crippen molar-refractivity contribution < 1.29 is 14.6 Å². The predicted molar refractivity (Wildman–Crippen MR) is 28.9 cm³/mol. The molecule has 4 nitrogen and oxygen atoms in total. The van der Waals surface area contributed by atoms with Gasteiger partial charge in [-0.15, -0.1) is 0 Å². The molecule has 0 radical (unpaired) electrons. The zero-order valence-corrected chi connectivity index (χ0v) is 4.79. The molecule has 0 fully saturated rings. The maximum absolute atomic E-state index is 10.4. The van der Waals surface area contributed by atoms with Gasteiger partial charge in [0, 0.05) is 6.42 Å². The van der Waals surface area contributed by atoms with Gasteiger partial charge in [-0.25, -0.2) is 0 Å². The van der Waals surface area contributed by atoms with E-state index >= 15 is 0 Å². The second kappa shape index (κ2) is 2.50. The minimum Gasteiger partial charge on any atom is -0.366 e. The van der Waals surface area contributed by atoms with Gasteiger partial charge in [0.25, 0.3) is 0 Å². The monoisotopic (exact) mass is 129 g/mol. The molecule has 0 saturated carbocycles. The highest BCUT2D eigenvalue weighted by atomic mass is 17.2. The molecule has 0 unspecified atom stereocenters. The molecule has 0 aromatic rings. The number of amides is 1. The summed E-state index contributed by atoms with van der Waals surface area (Å²) in [6, 6.07) is 0. The summed E-state index contributed by atoms with van der Waals surface area (Å²) in [6.45, 7) is 0.398. The van der Waals surface area contributed by atoms with Crippen LogP contribution >= 0.6 is 0 Å². The number of nitrogens with two attached hydrogens (primary N) is 1. The molecule has 4 heteroatoms. The van der Waals surface area contributed by atoms with Crippen LogP contribution in [0.2, 0.25) is 0 Å². The lowest BCUT2D eigenvalue weighted by molar-refractivity contribution is -0.256. The largest absolute Gasteiger partial charge is 0.366 e. The van der Waals surface area contributed by atoms with Crippen LogP contribution in [-0.4, -0.2) is 12.5 Å². The summed E-state index contributed by atoms with van der Waals surface area (Å²) in [6.07, 6.45) is 1.77. The van der Waals surface area contributed by atoms with Crippen LogP contribution in [0.15, 0.2) is 11.8 Å². The number of carbonyl (C=O) groups excluding carboxylic acids is 1. The first-order chi connectivity index (χ1) is 4.30. The second-order valence-electron chi connectivity index (χ2n) is 1.68. The number of rotatable bonds is 1. The van der Waals surface area contributed by atoms with Crippen LogP contribution in [0.25, 0.3) is 0 Å². The Morgan fingerprint density at radius 1 is 1.78 bits per heavy atom. The molecule has 2 N–H and O–H groups in total. The van der Waals surface area contributed by atoms with E-state index in [1.54, 1.807) is 0 Å². The molecule has 0 spiro atoms. The van der Waals surface area contributed by atoms with E-state index < -0.39 is 5.91 Å². The summed E-state index contributed by atoms with van der Waals surface area (Å²) in [5, 5.41) is 0. The summed E-state index contributed by atoms with van der Waals surface area (Å²) >= 11 is 0. The van der Waals surface area contributed by atoms with Crippen LogP contribution in [-0.2, 0) is 14.6 Å². The van der Waals surface area contributed by atoms with Crippen molar-refractivity contribution >= 4 is 5.91 Å². The molecule has 0 saturated heterocycles. The van der Waals surface area contributed by atoms with Crippen LogP contribution in [0.4, 0.5) is 0 Å². The molecule has 1 amide bonds. The van der Waals surface area contributed by atoms with E-state index in [9.17, 15) is 4.79 Å². The molecule has 0 aromatic heterocycles. The van der Waals surface area contributed by atoms with Gasteiger partial charge < -0.3 is 10.6 Å². The van der Waals surface area contributed by atoms with Crippen LogP contribution < -0.4 is 5.73 Å². The summed E-state index contributed by atoms with van der Waals surface area (Å²) < 4.78 is 0. The smallest absolute Gasteiger partial charge is 0.247 e. The van der Waals surface area contributed by atoms with Crippen molar-refractivity contribution in [3.05, 3.63) is 11.8 Å². The lowest BCUT2D eigenvalue weighted by atomic mass is 10.2. The second-order valence-corrected chi connectivity index (χ2v) is 1.68. The Bertz CT molecular complexity index is 152. The van der Waals surface area contributed by atoms with Gasteiger partial charge >= 0.3 is 0 Å². The molecule has 0 atom stereocenters. The van der Waals surface area contributed by atoms with Gasteiger partial charge in [-0.3, -0.25) is 4.79 Å². The molecule has 1 rings (SSSR count). The van der Waals surface area contributed by atoms with Gasteiger partial charge in [-0.1, -0.05) is 0 Å². The fraction of sp³-hybridized carbons (Fsp3) is 0.400. The van der Waals surface area contributed by atoms with E-state index in [0.717, 1.165) is 0 Å². The summed E-state index contributed by atoms with van der Waals surface area (Å²) in [7, 11) is 0. The molecule has 50 valence electrons. The quantitative estimate of drug-likeness (QED) is 0.495. The van der Waals surface area contributed by atoms with Gasteiger partial charge in [-0.2, -0.15) is 4.89 Å². The molecule has 1 aliphatic rings. The van der Waals surface area contributed by atoms with Crippen molar-refractivity contribution in [3.8, 4) is 0 Å². The SMILES string of the molecule is NC(=O)C1=COOCC1. The highest BCUT2D eigenvalue weighted by Gasteiger charge is 2.09. The van der Waals surface area contributed by atoms with E-state index in [-0.39, 0.29) is 0 Å². The number of carbonyl (C=O) groups is 1. The average Bonchev–Trinajstić information content (AvgIpc) is 1.90. The Kier molecular flexibility index (Phi) is 1.69. The highest BCUT2D eigenvalue weighted by Crippen LogP contribution is 2.06. The molecule has 9 heavy (non-hydrogen) atoms. The lowest BCUT2D eigenvalue weighted by Gasteiger charge is -2.08. The van der Waals surface area contributed by atoms with Crippen molar-refractivity contribution in [1.29, 1.82) is 0 Å². The molecular weight excluding hydrogens is 122 g/mol. The van der Waals surface area contributed by atoms with E-state index in [4.69, 9.17) is 5.73 Å². The number of primary amides is 1. The third kappa shape index (κ3) is 1.43. The molecule has 1 aliphatic heterocycles. The van der Waals surface area contributed by atoms with E-state index in [1.807, 2.05) is 0 Å². The predicted octanol–water partition coefficient (Wildman–Crippen LogP) is -0.293. The molecule has 0 aromatic carbocycles. The summed E-state index contributed by atoms with van der Waals surface area (Å²) in [5.74, 6) is -0.446. The summed E-state index contributed by atoms with van der Waals surface area (Å²) in [4.78, 5) is 19.2. The topological polar surface area (TPSA) is 61.6 Å². The zero-order chi connectivity index (χ0) is 6.69. The molecule has 0 aliphatic carbocycles. The average molecular weight is 129 g/mol. The van der Waals surface area contributed by atoms with Gasteiger partial charge in [0.2, 0.25) is 5.91 Å². The van der Waals surface area contributed by atoms with Crippen LogP contribution in [0.5, 0.6) is 0 Å². The summed E-state index contributed by atoms with van der Waals surface area (Å²) in [5.41, 5.74) is 5.40. The van der Waals surface area contributed by atoms with Crippen molar-refractivity contribution in [3.63, 3.8) is 0 Å². The molecule has 1 heterocycles. The van der Waals surface area contributed by atoms with Crippen molar-refractivity contribution in [2.75, 3.05) is 6.61 Å². The van der Waals surface area contributed by atoms with Gasteiger partial charge in [0.15, 0.2) is 0 Å². The fourth-order valence-corrected chi connectivity index (χ4v) is 0.532. The third-order valence-electron chi connectivity index (χ3n) is 1.03. The van der Waals surface area contributed by atoms with Crippen LogP contribution in [0.1, 0.15) is 6.42 Å². The highest BCUT2D eigenvalue weighted by molar-refractivity contribution is 5.91. The van der Waals surface area contributed by atoms with E-state index in [1.165, 1.54) is 6.26 Å². The van der Waals surface area contributed by atoms with E-state index in [2.05, 4.69) is 9.78 Å². The Balaban J connectivity index is 2.57. The van der Waals surface area contributed by atoms with Gasteiger partial charge in [0.05, 0.1) is 12.2 Å². The normalized spacial score (nSPS) is 18.0. The minimum atomic E-state index is -0.446. The zero-order valence-electron chi connectivity index (χ0n) is 4.79. The maximum atomic E-state index is 10.4. The van der Waals surface area contributed by atoms with Gasteiger partial charge in [0.1, 0.15) is 6.26 Å². The fourth-order valence-electron chi connectivity index (χ4n) is 0.532. The Morgan fingerprint density at radius 3 is 2.89 bits per heavy atom. The Labute approximate surface area is 52.2 Å². The van der Waals surface area contributed by atoms with Crippen molar-refractivity contribution in [2.24, 2.45) is 5.73 Å². The van der Waals surface area contributed by atoms with Crippen LogP contribution in [0, 0.1) is 0 Å². The molecular formula is C5H7NO3. The maximum Gasteiger partial charge on any atom is 0.247 e. The first kappa shape index (κ1) is 6.10. The Morgan fingerprint density at radius 2 is 2.56 bits per heavy atom. The lowest BCUT2D eigenvalue weighted by Crippen LogP contribution is -2.18. The van der Waals surface area contributed by atoms with Gasteiger partial charge in [-0.05, 0) is 0 Å². The molecule has 0 bridgehead atoms. The van der Waals surface area contributed by atoms with Crippen LogP contribution in [0.3, 0.4) is 0 Å². The first-order valence-corrected chi connectivity index (χ1v) is 2.58. The minimum absolute atomic E-state index is 0.398. The Hall–Kier alpha value is -1.03. The number of hydrogen-bond acceptors (Lipinski definition) is 3. The third-order valence-corrected chi connectivity index (χ3v) is 1.03. The standard InChI is InChI=1S/C5H7NO3/c6-5(7)4-1-2-8-9-3-4/h3H,1-2H2,(H2,6,7).